The average molecular weight is 425 g/mol. The van der Waals surface area contributed by atoms with Crippen LogP contribution < -0.4 is 10.6 Å². The monoisotopic (exact) mass is 425 g/mol. The molecule has 0 radical (unpaired) electrons. The number of hydrogen-bond acceptors (Lipinski definition) is 8. The van der Waals surface area contributed by atoms with E-state index in [2.05, 4.69) is 20.6 Å². The topological polar surface area (TPSA) is 145 Å². The van der Waals surface area contributed by atoms with Crippen LogP contribution in [0.4, 0.5) is 11.5 Å². The van der Waals surface area contributed by atoms with Gasteiger partial charge < -0.3 is 15.7 Å². The first-order chi connectivity index (χ1) is 14.4. The van der Waals surface area contributed by atoms with Gasteiger partial charge in [-0.2, -0.15) is 5.26 Å². The summed E-state index contributed by atoms with van der Waals surface area (Å²) in [6.45, 7) is 1.25. The molecular formula is C20H19N5O4S. The summed E-state index contributed by atoms with van der Waals surface area (Å²) >= 11 is 0. The van der Waals surface area contributed by atoms with E-state index >= 15 is 0 Å². The molecule has 0 aliphatic heterocycles. The summed E-state index contributed by atoms with van der Waals surface area (Å²) in [5.74, 6) is -0.167. The molecule has 0 spiro atoms. The van der Waals surface area contributed by atoms with Crippen LogP contribution >= 0.6 is 0 Å². The van der Waals surface area contributed by atoms with Crippen LogP contribution in [0, 0.1) is 11.3 Å². The molecule has 3 aromatic rings. The number of hydrogen-bond donors (Lipinski definition) is 3. The molecule has 3 N–H and O–H groups in total. The Labute approximate surface area is 173 Å². The molecule has 9 nitrogen and oxygen atoms in total. The number of nitrogens with zero attached hydrogens (tertiary/aromatic N) is 3. The second-order valence-electron chi connectivity index (χ2n) is 6.36. The molecule has 3 rings (SSSR count). The molecule has 1 amide bonds. The van der Waals surface area contributed by atoms with E-state index < -0.39 is 15.1 Å². The van der Waals surface area contributed by atoms with Gasteiger partial charge in [0, 0.05) is 19.2 Å². The van der Waals surface area contributed by atoms with Crippen molar-refractivity contribution < 1.29 is 18.3 Å². The van der Waals surface area contributed by atoms with Crippen LogP contribution in [0.2, 0.25) is 0 Å². The first-order valence-electron chi connectivity index (χ1n) is 8.99. The second kappa shape index (κ2) is 8.86. The number of para-hydroxylation sites is 2. The van der Waals surface area contributed by atoms with E-state index in [0.29, 0.717) is 16.7 Å². The number of sulfone groups is 1. The molecule has 0 bridgehead atoms. The molecule has 0 aliphatic rings. The van der Waals surface area contributed by atoms with Crippen molar-refractivity contribution in [2.75, 3.05) is 23.8 Å². The lowest BCUT2D eigenvalue weighted by Crippen LogP contribution is -2.18. The van der Waals surface area contributed by atoms with Crippen molar-refractivity contribution in [3.8, 4) is 6.07 Å². The van der Waals surface area contributed by atoms with Gasteiger partial charge in [-0.05, 0) is 36.4 Å². The fourth-order valence-electron chi connectivity index (χ4n) is 2.85. The smallest absolute Gasteiger partial charge is 0.221 e. The third-order valence-electron chi connectivity index (χ3n) is 4.18. The molecule has 1 heterocycles. The summed E-state index contributed by atoms with van der Waals surface area (Å²) in [6.07, 6.45) is 0. The van der Waals surface area contributed by atoms with Crippen LogP contribution in [-0.4, -0.2) is 42.6 Å². The van der Waals surface area contributed by atoms with Crippen LogP contribution in [0.3, 0.4) is 0 Å². The fraction of sp³-hybridized carbons (Fsp3) is 0.200. The number of nitrogens with one attached hydrogen (secondary N) is 2. The Kier molecular flexibility index (Phi) is 6.25. The predicted octanol–water partition coefficient (Wildman–Crippen LogP) is 2.03. The lowest BCUT2D eigenvalue weighted by molar-refractivity contribution is -0.114. The second-order valence-corrected chi connectivity index (χ2v) is 8.39. The molecule has 0 aliphatic carbocycles. The van der Waals surface area contributed by atoms with Crippen molar-refractivity contribution in [3.63, 3.8) is 0 Å². The third kappa shape index (κ3) is 4.37. The van der Waals surface area contributed by atoms with Crippen LogP contribution in [0.5, 0.6) is 0 Å². The zero-order valence-electron chi connectivity index (χ0n) is 16.0. The summed E-state index contributed by atoms with van der Waals surface area (Å²) in [5, 5.41) is 22.6. The van der Waals surface area contributed by atoms with E-state index in [-0.39, 0.29) is 35.5 Å². The lowest BCUT2D eigenvalue weighted by atomic mass is 10.2. The summed E-state index contributed by atoms with van der Waals surface area (Å²) in [4.78, 5) is 19.8. The maximum atomic E-state index is 13.2. The summed E-state index contributed by atoms with van der Waals surface area (Å²) in [7, 11) is -4.14. The van der Waals surface area contributed by atoms with E-state index in [9.17, 15) is 18.5 Å². The van der Waals surface area contributed by atoms with E-state index in [4.69, 9.17) is 5.11 Å². The molecule has 1 unspecified atom stereocenters. The largest absolute Gasteiger partial charge is 0.395 e. The minimum absolute atomic E-state index is 0.0458. The number of aliphatic hydroxyl groups is 1. The van der Waals surface area contributed by atoms with Crippen LogP contribution in [0.15, 0.2) is 53.4 Å². The van der Waals surface area contributed by atoms with Gasteiger partial charge in [-0.15, -0.1) is 0 Å². The molecule has 1 aromatic heterocycles. The van der Waals surface area contributed by atoms with Gasteiger partial charge in [0.05, 0.1) is 28.6 Å². The van der Waals surface area contributed by atoms with Crippen molar-refractivity contribution >= 4 is 38.3 Å². The Bertz CT molecular complexity index is 1220. The van der Waals surface area contributed by atoms with Crippen molar-refractivity contribution in [1.29, 1.82) is 5.26 Å². The number of aliphatic hydroxyl groups excluding tert-OH is 1. The standard InChI is InChI=1S/C20H19N5O4S/c1-13(27)23-14-6-8-15(9-7-14)30(28,29)18(12-21)19-20(22-10-11-26)25-17-5-3-2-4-16(17)24-19/h2-9,18,26H,10-11H2,1H3,(H,22,25)(H,23,27). The zero-order valence-corrected chi connectivity index (χ0v) is 16.8. The molecular weight excluding hydrogens is 406 g/mol. The highest BCUT2D eigenvalue weighted by Gasteiger charge is 2.33. The molecule has 1 atom stereocenters. The van der Waals surface area contributed by atoms with Gasteiger partial charge in [0.1, 0.15) is 5.69 Å². The number of aromatic nitrogens is 2. The van der Waals surface area contributed by atoms with Crippen molar-refractivity contribution in [2.45, 2.75) is 17.1 Å². The molecule has 30 heavy (non-hydrogen) atoms. The highest BCUT2D eigenvalue weighted by Crippen LogP contribution is 2.32. The van der Waals surface area contributed by atoms with Gasteiger partial charge in [0.2, 0.25) is 15.7 Å². The molecule has 0 saturated heterocycles. The number of carbonyl (C=O) groups is 1. The van der Waals surface area contributed by atoms with Gasteiger partial charge in [-0.3, -0.25) is 4.79 Å². The van der Waals surface area contributed by atoms with E-state index in [0.717, 1.165) is 0 Å². The van der Waals surface area contributed by atoms with Gasteiger partial charge >= 0.3 is 0 Å². The third-order valence-corrected chi connectivity index (χ3v) is 6.06. The summed E-state index contributed by atoms with van der Waals surface area (Å²) in [5.41, 5.74) is 1.36. The average Bonchev–Trinajstić information content (AvgIpc) is 2.72. The number of anilines is 2. The molecule has 154 valence electrons. The van der Waals surface area contributed by atoms with Crippen LogP contribution in [-0.2, 0) is 14.6 Å². The van der Waals surface area contributed by atoms with E-state index in [1.165, 1.54) is 31.2 Å². The fourth-order valence-corrected chi connectivity index (χ4v) is 4.23. The normalized spacial score (nSPS) is 12.2. The Morgan fingerprint density at radius 2 is 1.77 bits per heavy atom. The SMILES string of the molecule is CC(=O)Nc1ccc(S(=O)(=O)C(C#N)c2nc3ccccc3nc2NCCO)cc1. The van der Waals surface area contributed by atoms with Gasteiger partial charge in [-0.25, -0.2) is 18.4 Å². The van der Waals surface area contributed by atoms with E-state index in [1.807, 2.05) is 6.07 Å². The Morgan fingerprint density at radius 1 is 1.13 bits per heavy atom. The molecule has 10 heteroatoms. The van der Waals surface area contributed by atoms with Gasteiger partial charge in [0.15, 0.2) is 11.1 Å². The van der Waals surface area contributed by atoms with Crippen LogP contribution in [0.25, 0.3) is 11.0 Å². The maximum absolute atomic E-state index is 13.2. The number of carbonyl (C=O) groups excluding carboxylic acids is 1. The van der Waals surface area contributed by atoms with Crippen molar-refractivity contribution in [3.05, 3.63) is 54.2 Å². The highest BCUT2D eigenvalue weighted by molar-refractivity contribution is 7.92. The number of nitriles is 1. The zero-order chi connectivity index (χ0) is 21.7. The molecule has 0 fully saturated rings. The number of benzene rings is 2. The first-order valence-corrected chi connectivity index (χ1v) is 10.5. The number of amides is 1. The summed E-state index contributed by atoms with van der Waals surface area (Å²) < 4.78 is 26.4. The van der Waals surface area contributed by atoms with Gasteiger partial charge in [-0.1, -0.05) is 12.1 Å². The number of fused-ring (bicyclic) bond motifs is 1. The van der Waals surface area contributed by atoms with Crippen molar-refractivity contribution in [1.82, 2.24) is 9.97 Å². The number of rotatable bonds is 7. The lowest BCUT2D eigenvalue weighted by Gasteiger charge is -2.16. The minimum atomic E-state index is -4.14. The first kappa shape index (κ1) is 21.2. The van der Waals surface area contributed by atoms with Crippen LogP contribution in [0.1, 0.15) is 17.9 Å². The molecule has 2 aromatic carbocycles. The Balaban J connectivity index is 2.08. The Morgan fingerprint density at radius 3 is 2.33 bits per heavy atom. The Hall–Kier alpha value is -3.55. The quantitative estimate of drug-likeness (QED) is 0.521. The van der Waals surface area contributed by atoms with E-state index in [1.54, 1.807) is 24.3 Å². The highest BCUT2D eigenvalue weighted by atomic mass is 32.2. The van der Waals surface area contributed by atoms with Gasteiger partial charge in [0.25, 0.3) is 0 Å². The van der Waals surface area contributed by atoms with Crippen molar-refractivity contribution in [2.24, 2.45) is 0 Å². The predicted molar refractivity (Wildman–Crippen MR) is 111 cm³/mol. The maximum Gasteiger partial charge on any atom is 0.221 e. The minimum Gasteiger partial charge on any atom is -0.395 e. The molecule has 0 saturated carbocycles. The summed E-state index contributed by atoms with van der Waals surface area (Å²) in [6, 6.07) is 14.2.